The quantitative estimate of drug-likeness (QED) is 0.396. The first-order valence-corrected chi connectivity index (χ1v) is 8.08. The Labute approximate surface area is 150 Å². The van der Waals surface area contributed by atoms with Crippen LogP contribution in [-0.2, 0) is 11.3 Å². The largest absolute Gasteiger partial charge is 0.422 e. The fourth-order valence-electron chi connectivity index (χ4n) is 2.22. The second-order valence-corrected chi connectivity index (χ2v) is 5.92. The van der Waals surface area contributed by atoms with Gasteiger partial charge in [0.15, 0.2) is 0 Å². The number of esters is 1. The highest BCUT2D eigenvalue weighted by Crippen LogP contribution is 2.25. The number of halogens is 1. The van der Waals surface area contributed by atoms with Gasteiger partial charge < -0.3 is 4.74 Å². The van der Waals surface area contributed by atoms with Gasteiger partial charge in [0.25, 0.3) is 0 Å². The number of aromatic nitrogens is 3. The molecule has 0 fully saturated rings. The standard InChI is InChI=1S/C19H16ClN3O2/c1-14-7-9-17(20)18(11-14)25-19(24)10-8-16-13-23(22-21-16)12-15-5-3-2-4-6-15/h2-11,13H,12H2,1H3. The van der Waals surface area contributed by atoms with Crippen molar-refractivity contribution >= 4 is 23.6 Å². The van der Waals surface area contributed by atoms with E-state index in [2.05, 4.69) is 10.3 Å². The van der Waals surface area contributed by atoms with Crippen molar-refractivity contribution < 1.29 is 9.53 Å². The summed E-state index contributed by atoms with van der Waals surface area (Å²) in [5.74, 6) is -0.186. The lowest BCUT2D eigenvalue weighted by atomic mass is 10.2. The highest BCUT2D eigenvalue weighted by atomic mass is 35.5. The van der Waals surface area contributed by atoms with Crippen molar-refractivity contribution in [2.24, 2.45) is 0 Å². The van der Waals surface area contributed by atoms with Gasteiger partial charge in [0.05, 0.1) is 17.8 Å². The molecule has 0 spiro atoms. The van der Waals surface area contributed by atoms with Gasteiger partial charge in [0.1, 0.15) is 11.4 Å². The number of hydrogen-bond donors (Lipinski definition) is 0. The van der Waals surface area contributed by atoms with Crippen LogP contribution in [0.5, 0.6) is 5.75 Å². The minimum Gasteiger partial charge on any atom is -0.422 e. The van der Waals surface area contributed by atoms with Crippen LogP contribution in [0.25, 0.3) is 6.08 Å². The molecular formula is C19H16ClN3O2. The van der Waals surface area contributed by atoms with E-state index >= 15 is 0 Å². The predicted molar refractivity (Wildman–Crippen MR) is 96.4 cm³/mol. The maximum absolute atomic E-state index is 11.9. The summed E-state index contributed by atoms with van der Waals surface area (Å²) in [5.41, 5.74) is 2.65. The molecule has 0 bridgehead atoms. The average molecular weight is 354 g/mol. The van der Waals surface area contributed by atoms with Crippen molar-refractivity contribution in [2.45, 2.75) is 13.5 Å². The molecule has 0 unspecified atom stereocenters. The van der Waals surface area contributed by atoms with Gasteiger partial charge in [-0.25, -0.2) is 9.48 Å². The molecule has 6 heteroatoms. The van der Waals surface area contributed by atoms with Crippen molar-refractivity contribution in [3.8, 4) is 5.75 Å². The molecule has 0 radical (unpaired) electrons. The van der Waals surface area contributed by atoms with Gasteiger partial charge in [-0.1, -0.05) is 53.2 Å². The molecule has 1 aromatic heterocycles. The molecule has 0 aliphatic rings. The molecule has 1 heterocycles. The van der Waals surface area contributed by atoms with E-state index in [1.54, 1.807) is 29.1 Å². The van der Waals surface area contributed by atoms with Crippen LogP contribution in [0, 0.1) is 6.92 Å². The Morgan fingerprint density at radius 1 is 1.24 bits per heavy atom. The zero-order valence-electron chi connectivity index (χ0n) is 13.6. The first kappa shape index (κ1) is 16.9. The molecule has 3 rings (SSSR count). The van der Waals surface area contributed by atoms with Gasteiger partial charge in [0.2, 0.25) is 0 Å². The summed E-state index contributed by atoms with van der Waals surface area (Å²) in [4.78, 5) is 11.9. The van der Waals surface area contributed by atoms with E-state index in [1.807, 2.05) is 43.3 Å². The molecule has 0 aliphatic carbocycles. The fraction of sp³-hybridized carbons (Fsp3) is 0.105. The third kappa shape index (κ3) is 4.78. The lowest BCUT2D eigenvalue weighted by Crippen LogP contribution is -2.04. The topological polar surface area (TPSA) is 57.0 Å². The van der Waals surface area contributed by atoms with Crippen LogP contribution < -0.4 is 4.74 Å². The second kappa shape index (κ2) is 7.77. The second-order valence-electron chi connectivity index (χ2n) is 5.51. The lowest BCUT2D eigenvalue weighted by molar-refractivity contribution is -0.128. The summed E-state index contributed by atoms with van der Waals surface area (Å²) in [7, 11) is 0. The molecule has 0 amide bonds. The van der Waals surface area contributed by atoms with E-state index in [4.69, 9.17) is 16.3 Å². The summed E-state index contributed by atoms with van der Waals surface area (Å²) in [6, 6.07) is 15.2. The van der Waals surface area contributed by atoms with Gasteiger partial charge in [-0.3, -0.25) is 0 Å². The average Bonchev–Trinajstić information content (AvgIpc) is 3.05. The van der Waals surface area contributed by atoms with Crippen molar-refractivity contribution in [1.82, 2.24) is 15.0 Å². The molecule has 0 atom stereocenters. The number of nitrogens with zero attached hydrogens (tertiary/aromatic N) is 3. The summed E-state index contributed by atoms with van der Waals surface area (Å²) < 4.78 is 6.94. The Morgan fingerprint density at radius 2 is 2.04 bits per heavy atom. The van der Waals surface area contributed by atoms with Gasteiger partial charge in [-0.2, -0.15) is 0 Å². The Kier molecular flexibility index (Phi) is 5.26. The highest BCUT2D eigenvalue weighted by Gasteiger charge is 2.06. The SMILES string of the molecule is Cc1ccc(Cl)c(OC(=O)C=Cc2cn(Cc3ccccc3)nn2)c1. The van der Waals surface area contributed by atoms with Crippen LogP contribution in [0.4, 0.5) is 0 Å². The third-order valence-corrected chi connectivity index (χ3v) is 3.74. The van der Waals surface area contributed by atoms with Gasteiger partial charge in [-0.05, 0) is 36.3 Å². The first-order valence-electron chi connectivity index (χ1n) is 7.70. The van der Waals surface area contributed by atoms with Crippen molar-refractivity contribution in [3.63, 3.8) is 0 Å². The van der Waals surface area contributed by atoms with Crippen LogP contribution >= 0.6 is 11.6 Å². The van der Waals surface area contributed by atoms with Crippen molar-refractivity contribution in [2.75, 3.05) is 0 Å². The molecule has 25 heavy (non-hydrogen) atoms. The van der Waals surface area contributed by atoms with Crippen LogP contribution in [0.1, 0.15) is 16.8 Å². The van der Waals surface area contributed by atoms with E-state index in [0.29, 0.717) is 23.0 Å². The number of rotatable bonds is 5. The Bertz CT molecular complexity index is 904. The first-order chi connectivity index (χ1) is 12.1. The Balaban J connectivity index is 1.62. The summed E-state index contributed by atoms with van der Waals surface area (Å²) in [6.45, 7) is 2.51. The Morgan fingerprint density at radius 3 is 2.84 bits per heavy atom. The van der Waals surface area contributed by atoms with E-state index in [0.717, 1.165) is 11.1 Å². The van der Waals surface area contributed by atoms with Gasteiger partial charge in [0, 0.05) is 6.08 Å². The third-order valence-electron chi connectivity index (χ3n) is 3.43. The van der Waals surface area contributed by atoms with Crippen LogP contribution in [0.2, 0.25) is 5.02 Å². The normalized spacial score (nSPS) is 11.0. The van der Waals surface area contributed by atoms with Gasteiger partial charge >= 0.3 is 5.97 Å². The molecule has 126 valence electrons. The zero-order chi connectivity index (χ0) is 17.6. The smallest absolute Gasteiger partial charge is 0.336 e. The summed E-state index contributed by atoms with van der Waals surface area (Å²) >= 11 is 6.01. The number of aryl methyl sites for hydroxylation is 1. The monoisotopic (exact) mass is 353 g/mol. The van der Waals surface area contributed by atoms with Crippen LogP contribution in [0.15, 0.2) is 60.8 Å². The summed E-state index contributed by atoms with van der Waals surface area (Å²) in [5, 5.41) is 8.45. The van der Waals surface area contributed by atoms with E-state index < -0.39 is 5.97 Å². The predicted octanol–water partition coefficient (Wildman–Crippen LogP) is 3.91. The zero-order valence-corrected chi connectivity index (χ0v) is 14.3. The fourth-order valence-corrected chi connectivity index (χ4v) is 2.38. The molecular weight excluding hydrogens is 338 g/mol. The highest BCUT2D eigenvalue weighted by molar-refractivity contribution is 6.32. The lowest BCUT2D eigenvalue weighted by Gasteiger charge is -2.04. The van der Waals surface area contributed by atoms with Crippen LogP contribution in [-0.4, -0.2) is 21.0 Å². The Hall–Kier alpha value is -2.92. The molecule has 0 aliphatic heterocycles. The maximum Gasteiger partial charge on any atom is 0.336 e. The molecule has 2 aromatic carbocycles. The minimum atomic E-state index is -0.523. The number of carbonyl (C=O) groups excluding carboxylic acids is 1. The van der Waals surface area contributed by atoms with E-state index in [9.17, 15) is 4.79 Å². The molecule has 5 nitrogen and oxygen atoms in total. The molecule has 0 saturated carbocycles. The van der Waals surface area contributed by atoms with E-state index in [1.165, 1.54) is 6.08 Å². The number of carbonyl (C=O) groups is 1. The number of ether oxygens (including phenoxy) is 1. The number of benzene rings is 2. The molecule has 0 N–H and O–H groups in total. The molecule has 3 aromatic rings. The maximum atomic E-state index is 11.9. The van der Waals surface area contributed by atoms with Gasteiger partial charge in [-0.15, -0.1) is 5.10 Å². The molecule has 0 saturated heterocycles. The van der Waals surface area contributed by atoms with Crippen molar-refractivity contribution in [1.29, 1.82) is 0 Å². The van der Waals surface area contributed by atoms with E-state index in [-0.39, 0.29) is 0 Å². The number of hydrogen-bond acceptors (Lipinski definition) is 4. The van der Waals surface area contributed by atoms with Crippen LogP contribution in [0.3, 0.4) is 0 Å². The summed E-state index contributed by atoms with van der Waals surface area (Å²) in [6.07, 6.45) is 4.62. The minimum absolute atomic E-state index is 0.337. The van der Waals surface area contributed by atoms with Crippen molar-refractivity contribution in [3.05, 3.63) is 82.6 Å².